The third-order valence-corrected chi connectivity index (χ3v) is 6.97. The van der Waals surface area contributed by atoms with Crippen LogP contribution in [0.1, 0.15) is 6.42 Å². The summed E-state index contributed by atoms with van der Waals surface area (Å²) < 4.78 is 33.2. The van der Waals surface area contributed by atoms with Gasteiger partial charge in [0.2, 0.25) is 5.91 Å². The molecule has 25 heavy (non-hydrogen) atoms. The van der Waals surface area contributed by atoms with Gasteiger partial charge in [-0.15, -0.1) is 11.8 Å². The quantitative estimate of drug-likeness (QED) is 0.872. The van der Waals surface area contributed by atoms with Crippen molar-refractivity contribution in [2.75, 3.05) is 28.5 Å². The van der Waals surface area contributed by atoms with Crippen LogP contribution in [0, 0.1) is 0 Å². The van der Waals surface area contributed by atoms with E-state index in [-0.39, 0.29) is 17.3 Å². The standard InChI is InChI=1S/C17H16N2O4S2/c20-17-7-10-24-16-6-5-12(11-13(16)18-17)25(21,22)19-8-9-23-15-4-2-1-3-14(15)19/h1-6,11H,7-10H2,(H,18,20). The summed E-state index contributed by atoms with van der Waals surface area (Å²) in [5.41, 5.74) is 1.08. The highest BCUT2D eigenvalue weighted by molar-refractivity contribution is 7.99. The van der Waals surface area contributed by atoms with Crippen molar-refractivity contribution < 1.29 is 17.9 Å². The van der Waals surface area contributed by atoms with E-state index in [2.05, 4.69) is 5.32 Å². The maximum Gasteiger partial charge on any atom is 0.264 e. The van der Waals surface area contributed by atoms with Gasteiger partial charge in [-0.2, -0.15) is 0 Å². The summed E-state index contributed by atoms with van der Waals surface area (Å²) in [6.07, 6.45) is 0.415. The van der Waals surface area contributed by atoms with Crippen LogP contribution in [-0.2, 0) is 14.8 Å². The number of nitrogens with one attached hydrogen (secondary N) is 1. The Balaban J connectivity index is 1.76. The van der Waals surface area contributed by atoms with E-state index < -0.39 is 10.0 Å². The van der Waals surface area contributed by atoms with E-state index >= 15 is 0 Å². The lowest BCUT2D eigenvalue weighted by Crippen LogP contribution is -2.37. The van der Waals surface area contributed by atoms with Crippen LogP contribution in [0.2, 0.25) is 0 Å². The van der Waals surface area contributed by atoms with Gasteiger partial charge in [0.15, 0.2) is 0 Å². The normalized spacial score (nSPS) is 17.0. The van der Waals surface area contributed by atoms with E-state index in [4.69, 9.17) is 4.74 Å². The van der Waals surface area contributed by atoms with Gasteiger partial charge in [-0.25, -0.2) is 8.42 Å². The molecular weight excluding hydrogens is 360 g/mol. The molecule has 0 aromatic heterocycles. The van der Waals surface area contributed by atoms with Crippen molar-refractivity contribution in [2.24, 2.45) is 0 Å². The van der Waals surface area contributed by atoms with Gasteiger partial charge in [0.25, 0.3) is 10.0 Å². The number of sulfonamides is 1. The number of thioether (sulfide) groups is 1. The Hall–Kier alpha value is -2.19. The molecule has 0 spiro atoms. The number of rotatable bonds is 2. The summed E-state index contributed by atoms with van der Waals surface area (Å²) in [4.78, 5) is 12.8. The van der Waals surface area contributed by atoms with Crippen LogP contribution in [-0.4, -0.2) is 33.2 Å². The molecule has 8 heteroatoms. The second-order valence-electron chi connectivity index (χ2n) is 5.70. The fourth-order valence-corrected chi connectivity index (χ4v) is 5.30. The number of hydrogen-bond acceptors (Lipinski definition) is 5. The fraction of sp³-hybridized carbons (Fsp3) is 0.235. The number of anilines is 2. The van der Waals surface area contributed by atoms with Crippen molar-refractivity contribution in [3.05, 3.63) is 42.5 Å². The number of para-hydroxylation sites is 2. The number of fused-ring (bicyclic) bond motifs is 2. The molecule has 2 aromatic carbocycles. The monoisotopic (exact) mass is 376 g/mol. The second kappa shape index (κ2) is 6.27. The van der Waals surface area contributed by atoms with Gasteiger partial charge in [0.05, 0.1) is 22.8 Å². The van der Waals surface area contributed by atoms with Gasteiger partial charge in [-0.3, -0.25) is 9.10 Å². The minimum absolute atomic E-state index is 0.0995. The number of hydrogen-bond donors (Lipinski definition) is 1. The van der Waals surface area contributed by atoms with Crippen LogP contribution in [0.3, 0.4) is 0 Å². The first-order chi connectivity index (χ1) is 12.1. The van der Waals surface area contributed by atoms with E-state index in [1.54, 1.807) is 48.2 Å². The molecule has 0 atom stereocenters. The van der Waals surface area contributed by atoms with E-state index in [1.807, 2.05) is 6.07 Å². The lowest BCUT2D eigenvalue weighted by molar-refractivity contribution is -0.115. The molecule has 1 N–H and O–H groups in total. The number of amides is 1. The number of benzene rings is 2. The lowest BCUT2D eigenvalue weighted by atomic mass is 10.2. The third-order valence-electron chi connectivity index (χ3n) is 4.09. The van der Waals surface area contributed by atoms with Crippen LogP contribution in [0.4, 0.5) is 11.4 Å². The number of nitrogens with zero attached hydrogens (tertiary/aromatic N) is 1. The van der Waals surface area contributed by atoms with Crippen molar-refractivity contribution in [1.29, 1.82) is 0 Å². The maximum absolute atomic E-state index is 13.2. The summed E-state index contributed by atoms with van der Waals surface area (Å²) in [6.45, 7) is 0.547. The summed E-state index contributed by atoms with van der Waals surface area (Å²) in [5.74, 6) is 1.13. The molecule has 1 amide bonds. The summed E-state index contributed by atoms with van der Waals surface area (Å²) in [5, 5.41) is 2.79. The van der Waals surface area contributed by atoms with Crippen molar-refractivity contribution in [2.45, 2.75) is 16.2 Å². The first-order valence-electron chi connectivity index (χ1n) is 7.87. The van der Waals surface area contributed by atoms with E-state index in [0.29, 0.717) is 35.9 Å². The van der Waals surface area contributed by atoms with Crippen molar-refractivity contribution >= 4 is 39.1 Å². The molecule has 2 aliphatic rings. The van der Waals surface area contributed by atoms with E-state index in [9.17, 15) is 13.2 Å². The van der Waals surface area contributed by atoms with Gasteiger partial charge >= 0.3 is 0 Å². The molecule has 6 nitrogen and oxygen atoms in total. The van der Waals surface area contributed by atoms with E-state index in [0.717, 1.165) is 4.90 Å². The number of carbonyl (C=O) groups excluding carboxylic acids is 1. The Morgan fingerprint density at radius 3 is 2.88 bits per heavy atom. The Bertz CT molecular complexity index is 943. The summed E-state index contributed by atoms with van der Waals surface area (Å²) in [6, 6.07) is 12.0. The van der Waals surface area contributed by atoms with Gasteiger partial charge < -0.3 is 10.1 Å². The summed E-state index contributed by atoms with van der Waals surface area (Å²) in [7, 11) is -3.75. The SMILES string of the molecule is O=C1CCSc2ccc(S(=O)(=O)N3CCOc4ccccc43)cc2N1. The molecule has 2 heterocycles. The number of ether oxygens (including phenoxy) is 1. The smallest absolute Gasteiger partial charge is 0.264 e. The Labute approximate surface area is 150 Å². The Kier molecular flexibility index (Phi) is 4.09. The third kappa shape index (κ3) is 2.96. The van der Waals surface area contributed by atoms with Crippen molar-refractivity contribution in [1.82, 2.24) is 0 Å². The van der Waals surface area contributed by atoms with Crippen LogP contribution in [0.15, 0.2) is 52.3 Å². The zero-order valence-electron chi connectivity index (χ0n) is 13.3. The van der Waals surface area contributed by atoms with Crippen LogP contribution < -0.4 is 14.4 Å². The predicted molar refractivity (Wildman–Crippen MR) is 96.9 cm³/mol. The van der Waals surface area contributed by atoms with Gasteiger partial charge in [0, 0.05) is 17.1 Å². The van der Waals surface area contributed by atoms with E-state index in [1.165, 1.54) is 4.31 Å². The average molecular weight is 376 g/mol. The molecule has 0 saturated heterocycles. The summed E-state index contributed by atoms with van der Waals surface area (Å²) >= 11 is 1.55. The molecule has 0 unspecified atom stereocenters. The highest BCUT2D eigenvalue weighted by atomic mass is 32.2. The topological polar surface area (TPSA) is 75.7 Å². The van der Waals surface area contributed by atoms with Crippen LogP contribution >= 0.6 is 11.8 Å². The zero-order valence-corrected chi connectivity index (χ0v) is 14.9. The molecule has 0 bridgehead atoms. The first-order valence-corrected chi connectivity index (χ1v) is 10.3. The lowest BCUT2D eigenvalue weighted by Gasteiger charge is -2.30. The highest BCUT2D eigenvalue weighted by Gasteiger charge is 2.30. The Morgan fingerprint density at radius 1 is 1.16 bits per heavy atom. The molecule has 0 fully saturated rings. The zero-order chi connectivity index (χ0) is 17.4. The Morgan fingerprint density at radius 2 is 2.00 bits per heavy atom. The molecule has 0 saturated carbocycles. The van der Waals surface area contributed by atoms with Gasteiger partial charge in [0.1, 0.15) is 12.4 Å². The highest BCUT2D eigenvalue weighted by Crippen LogP contribution is 2.37. The van der Waals surface area contributed by atoms with Gasteiger partial charge in [-0.1, -0.05) is 12.1 Å². The molecular formula is C17H16N2O4S2. The molecule has 0 radical (unpaired) electrons. The van der Waals surface area contributed by atoms with Gasteiger partial charge in [-0.05, 0) is 30.3 Å². The van der Waals surface area contributed by atoms with Crippen molar-refractivity contribution in [3.63, 3.8) is 0 Å². The minimum atomic E-state index is -3.75. The largest absolute Gasteiger partial charge is 0.489 e. The number of carbonyl (C=O) groups is 1. The van der Waals surface area contributed by atoms with Crippen LogP contribution in [0.5, 0.6) is 5.75 Å². The molecule has 0 aliphatic carbocycles. The average Bonchev–Trinajstić information content (AvgIpc) is 2.81. The molecule has 130 valence electrons. The molecule has 2 aliphatic heterocycles. The molecule has 4 rings (SSSR count). The minimum Gasteiger partial charge on any atom is -0.489 e. The van der Waals surface area contributed by atoms with Crippen LogP contribution in [0.25, 0.3) is 0 Å². The molecule has 2 aromatic rings. The fourth-order valence-electron chi connectivity index (χ4n) is 2.88. The predicted octanol–water partition coefficient (Wildman–Crippen LogP) is 2.71. The van der Waals surface area contributed by atoms with Crippen molar-refractivity contribution in [3.8, 4) is 5.75 Å². The first kappa shape index (κ1) is 16.3. The second-order valence-corrected chi connectivity index (χ2v) is 8.70. The maximum atomic E-state index is 13.2.